The zero-order chi connectivity index (χ0) is 43.0. The minimum Gasteiger partial charge on any atom is -0.457 e. The molecule has 13 heteroatoms. The SMILES string of the molecule is CCCCCCCCCCCCCCCCCCOCC(COP(=O)(O)OCC[N+](C)(C)C)OC(=O)CCC/C=C\CC1C2CC(OO2)C1/C=C/C(CCCCC)OO. The highest BCUT2D eigenvalue weighted by Crippen LogP contribution is 2.45. The molecule has 0 aromatic rings. The number of carbonyl (C=O) groups excluding carboxylic acids is 1. The average Bonchev–Trinajstić information content (AvgIpc) is 3.81. The van der Waals surface area contributed by atoms with E-state index in [2.05, 4.69) is 32.1 Å². The number of carbonyl (C=O) groups is 1. The number of nitrogens with zero attached hydrogens (tertiary/aromatic N) is 1. The van der Waals surface area contributed by atoms with Crippen LogP contribution in [0.3, 0.4) is 0 Å². The molecule has 2 N–H and O–H groups in total. The Morgan fingerprint density at radius 2 is 1.36 bits per heavy atom. The molecule has 7 atom stereocenters. The lowest BCUT2D eigenvalue weighted by Crippen LogP contribution is -2.37. The van der Waals surface area contributed by atoms with E-state index < -0.39 is 19.9 Å². The van der Waals surface area contributed by atoms with Crippen LogP contribution in [-0.2, 0) is 42.5 Å². The van der Waals surface area contributed by atoms with Crippen molar-refractivity contribution >= 4 is 13.8 Å². The van der Waals surface area contributed by atoms with Gasteiger partial charge in [0.25, 0.3) is 0 Å². The second-order valence-electron chi connectivity index (χ2n) is 18.0. The van der Waals surface area contributed by atoms with Crippen molar-refractivity contribution in [1.29, 1.82) is 0 Å². The number of hydrogen-bond donors (Lipinski definition) is 2. The standard InChI is InChI=1S/C46H86NO11P/c1-6-8-10-11-12-13-14-15-16-17-18-19-20-21-24-28-35-52-38-41(39-54-59(50,51)53-36-34-47(3,4)5)55-46(48)31-27-23-22-26-30-42-43(45-37-44(42)57-58-45)33-32-40(56-49)29-25-9-7-2/h22,26,32-33,40-45H,6-21,23-25,27-31,34-39H2,1-5H3,(H-,49,50,51)/p+1/b26-22-,33-32+. The second-order valence-corrected chi connectivity index (χ2v) is 19.4. The van der Waals surface area contributed by atoms with Crippen LogP contribution in [0.2, 0.25) is 0 Å². The van der Waals surface area contributed by atoms with Gasteiger partial charge in [-0.1, -0.05) is 154 Å². The quantitative estimate of drug-likeness (QED) is 0.0116. The summed E-state index contributed by atoms with van der Waals surface area (Å²) in [5.41, 5.74) is 0. The van der Waals surface area contributed by atoms with Crippen molar-refractivity contribution in [1.82, 2.24) is 0 Å². The van der Waals surface area contributed by atoms with Gasteiger partial charge in [-0.25, -0.2) is 19.2 Å². The number of phosphoric acid groups is 1. The molecule has 0 aromatic carbocycles. The molecule has 2 fully saturated rings. The Kier molecular flexibility index (Phi) is 30.5. The van der Waals surface area contributed by atoms with Gasteiger partial charge in [0, 0.05) is 31.3 Å². The van der Waals surface area contributed by atoms with Crippen molar-refractivity contribution < 1.29 is 57.2 Å². The molecule has 1 aliphatic carbocycles. The first kappa shape index (κ1) is 54.0. The van der Waals surface area contributed by atoms with Crippen LogP contribution in [0.4, 0.5) is 0 Å². The largest absolute Gasteiger partial charge is 0.472 e. The minimum absolute atomic E-state index is 0.00303. The van der Waals surface area contributed by atoms with Gasteiger partial charge >= 0.3 is 13.8 Å². The normalized spacial score (nSPS) is 21.5. The lowest BCUT2D eigenvalue weighted by Gasteiger charge is -2.27. The average molecular weight is 861 g/mol. The maximum Gasteiger partial charge on any atom is 0.472 e. The van der Waals surface area contributed by atoms with Gasteiger partial charge < -0.3 is 18.9 Å². The van der Waals surface area contributed by atoms with E-state index in [4.69, 9.17) is 33.2 Å². The lowest BCUT2D eigenvalue weighted by atomic mass is 9.89. The van der Waals surface area contributed by atoms with Crippen LogP contribution in [-0.4, -0.2) is 99.1 Å². The van der Waals surface area contributed by atoms with E-state index in [0.717, 1.165) is 51.4 Å². The van der Waals surface area contributed by atoms with Crippen LogP contribution in [0.15, 0.2) is 24.3 Å². The van der Waals surface area contributed by atoms with Crippen molar-refractivity contribution in [2.45, 2.75) is 199 Å². The highest BCUT2D eigenvalue weighted by Gasteiger charge is 2.49. The fraction of sp³-hybridized carbons (Fsp3) is 0.891. The van der Waals surface area contributed by atoms with Crippen LogP contribution in [0.5, 0.6) is 0 Å². The highest BCUT2D eigenvalue weighted by atomic mass is 31.2. The van der Waals surface area contributed by atoms with E-state index >= 15 is 0 Å². The predicted molar refractivity (Wildman–Crippen MR) is 235 cm³/mol. The molecule has 1 saturated heterocycles. The van der Waals surface area contributed by atoms with Crippen molar-refractivity contribution in [3.63, 3.8) is 0 Å². The molecule has 1 saturated carbocycles. The topological polar surface area (TPSA) is 139 Å². The minimum atomic E-state index is -4.33. The molecule has 59 heavy (non-hydrogen) atoms. The molecule has 12 nitrogen and oxygen atoms in total. The predicted octanol–water partition coefficient (Wildman–Crippen LogP) is 11.5. The molecule has 0 spiro atoms. The Bertz CT molecular complexity index is 1150. The summed E-state index contributed by atoms with van der Waals surface area (Å²) in [6.45, 7) is 5.33. The van der Waals surface area contributed by atoms with Crippen LogP contribution < -0.4 is 0 Å². The van der Waals surface area contributed by atoms with Crippen LogP contribution in [0.25, 0.3) is 0 Å². The zero-order valence-corrected chi connectivity index (χ0v) is 38.8. The van der Waals surface area contributed by atoms with E-state index in [-0.39, 0.29) is 56.4 Å². The molecule has 346 valence electrons. The molecular weight excluding hydrogens is 773 g/mol. The number of rotatable bonds is 40. The lowest BCUT2D eigenvalue weighted by molar-refractivity contribution is -0.870. The Labute approximate surface area is 359 Å². The molecule has 1 aliphatic heterocycles. The monoisotopic (exact) mass is 861 g/mol. The Morgan fingerprint density at radius 1 is 0.763 bits per heavy atom. The third kappa shape index (κ3) is 27.5. The van der Waals surface area contributed by atoms with Crippen molar-refractivity contribution in [3.05, 3.63) is 24.3 Å². The molecule has 7 unspecified atom stereocenters. The summed E-state index contributed by atoms with van der Waals surface area (Å²) in [4.78, 5) is 38.9. The first-order chi connectivity index (χ1) is 28.5. The number of hydrogen-bond acceptors (Lipinski definition) is 10. The number of ether oxygens (including phenoxy) is 2. The van der Waals surface area contributed by atoms with E-state index in [1.165, 1.54) is 89.9 Å². The number of phosphoric ester groups is 1. The first-order valence-electron chi connectivity index (χ1n) is 23.6. The van der Waals surface area contributed by atoms with Crippen molar-refractivity contribution in [3.8, 4) is 0 Å². The Hall–Kier alpha value is -1.18. The van der Waals surface area contributed by atoms with Gasteiger partial charge in [-0.3, -0.25) is 19.1 Å². The maximum absolute atomic E-state index is 12.9. The van der Waals surface area contributed by atoms with Gasteiger partial charge in [0.05, 0.1) is 40.5 Å². The van der Waals surface area contributed by atoms with Gasteiger partial charge in [-0.15, -0.1) is 0 Å². The number of likely N-dealkylation sites (N-methyl/N-ethyl adjacent to an activating group) is 1. The molecule has 2 bridgehead atoms. The number of unbranched alkanes of at least 4 members (excludes halogenated alkanes) is 18. The third-order valence-corrected chi connectivity index (χ3v) is 12.4. The molecule has 2 rings (SSSR count). The summed E-state index contributed by atoms with van der Waals surface area (Å²) in [5.74, 6) is 0.0419. The number of quaternary nitrogens is 1. The molecule has 0 radical (unpaired) electrons. The molecule has 2 aliphatic rings. The van der Waals surface area contributed by atoms with Crippen LogP contribution in [0, 0.1) is 11.8 Å². The summed E-state index contributed by atoms with van der Waals surface area (Å²) in [6.07, 6.45) is 35.1. The Balaban J connectivity index is 1.69. The summed E-state index contributed by atoms with van der Waals surface area (Å²) in [5, 5.41) is 9.36. The third-order valence-electron chi connectivity index (χ3n) is 11.5. The molecule has 0 amide bonds. The fourth-order valence-electron chi connectivity index (χ4n) is 7.76. The highest BCUT2D eigenvalue weighted by molar-refractivity contribution is 7.47. The first-order valence-corrected chi connectivity index (χ1v) is 25.1. The van der Waals surface area contributed by atoms with Crippen molar-refractivity contribution in [2.75, 3.05) is 54.1 Å². The van der Waals surface area contributed by atoms with Gasteiger partial charge in [0.15, 0.2) is 0 Å². The smallest absolute Gasteiger partial charge is 0.457 e. The van der Waals surface area contributed by atoms with E-state index in [1.807, 2.05) is 27.2 Å². The maximum atomic E-state index is 12.9. The van der Waals surface area contributed by atoms with E-state index in [9.17, 15) is 19.5 Å². The van der Waals surface area contributed by atoms with Gasteiger partial charge in [0.2, 0.25) is 0 Å². The molecule has 0 aromatic heterocycles. The van der Waals surface area contributed by atoms with Crippen LogP contribution >= 0.6 is 7.82 Å². The number of fused-ring (bicyclic) bond motifs is 2. The molecular formula is C46H87NO11P+. The van der Waals surface area contributed by atoms with Crippen LogP contribution in [0.1, 0.15) is 174 Å². The number of allylic oxidation sites excluding steroid dienone is 2. The van der Waals surface area contributed by atoms with E-state index in [0.29, 0.717) is 30.5 Å². The van der Waals surface area contributed by atoms with Gasteiger partial charge in [-0.05, 0) is 32.1 Å². The summed E-state index contributed by atoms with van der Waals surface area (Å²) in [6, 6.07) is 0. The summed E-state index contributed by atoms with van der Waals surface area (Å²) in [7, 11) is 1.57. The van der Waals surface area contributed by atoms with Gasteiger partial charge in [0.1, 0.15) is 31.5 Å². The zero-order valence-electron chi connectivity index (χ0n) is 37.9. The van der Waals surface area contributed by atoms with Gasteiger partial charge in [-0.2, -0.15) is 0 Å². The summed E-state index contributed by atoms with van der Waals surface area (Å²) < 4.78 is 35.1. The second kappa shape index (κ2) is 33.4. The fourth-order valence-corrected chi connectivity index (χ4v) is 8.50. The van der Waals surface area contributed by atoms with Crippen molar-refractivity contribution in [2.24, 2.45) is 11.8 Å². The van der Waals surface area contributed by atoms with E-state index in [1.54, 1.807) is 0 Å². The summed E-state index contributed by atoms with van der Waals surface area (Å²) >= 11 is 0. The number of esters is 1. The molecule has 1 heterocycles. The Morgan fingerprint density at radius 3 is 1.97 bits per heavy atom.